The molecule has 1 aliphatic carbocycles. The summed E-state index contributed by atoms with van der Waals surface area (Å²) in [6.45, 7) is 0.967. The summed E-state index contributed by atoms with van der Waals surface area (Å²) >= 11 is 6.09. The number of hydrogen-bond donors (Lipinski definition) is 2. The van der Waals surface area contributed by atoms with Crippen molar-refractivity contribution in [1.29, 1.82) is 0 Å². The lowest BCUT2D eigenvalue weighted by molar-refractivity contribution is 0.0619. The van der Waals surface area contributed by atoms with Gasteiger partial charge in [0.2, 0.25) is 6.79 Å². The second kappa shape index (κ2) is 4.37. The monoisotopic (exact) mass is 255 g/mol. The number of rotatable bonds is 3. The van der Waals surface area contributed by atoms with Gasteiger partial charge in [-0.3, -0.25) is 0 Å². The molecule has 17 heavy (non-hydrogen) atoms. The van der Waals surface area contributed by atoms with Crippen LogP contribution in [0.5, 0.6) is 11.5 Å². The van der Waals surface area contributed by atoms with Crippen LogP contribution in [0.4, 0.5) is 0 Å². The predicted molar refractivity (Wildman–Crippen MR) is 63.4 cm³/mol. The summed E-state index contributed by atoms with van der Waals surface area (Å²) in [6.07, 6.45) is 1.53. The van der Waals surface area contributed by atoms with E-state index in [0.29, 0.717) is 22.6 Å². The van der Waals surface area contributed by atoms with Gasteiger partial charge < -0.3 is 19.9 Å². The first kappa shape index (κ1) is 11.1. The fourth-order valence-corrected chi connectivity index (χ4v) is 2.43. The Bertz CT molecular complexity index is 432. The second-order valence-electron chi connectivity index (χ2n) is 4.51. The third-order valence-corrected chi connectivity index (χ3v) is 3.48. The van der Waals surface area contributed by atoms with Gasteiger partial charge in [0, 0.05) is 12.6 Å². The van der Waals surface area contributed by atoms with Crippen molar-refractivity contribution in [2.24, 2.45) is 0 Å². The summed E-state index contributed by atoms with van der Waals surface area (Å²) in [6, 6.07) is 4.24. The average molecular weight is 256 g/mol. The van der Waals surface area contributed by atoms with Crippen molar-refractivity contribution in [2.75, 3.05) is 6.79 Å². The highest BCUT2D eigenvalue weighted by Crippen LogP contribution is 2.39. The molecule has 0 saturated heterocycles. The Morgan fingerprint density at radius 2 is 2.18 bits per heavy atom. The van der Waals surface area contributed by atoms with Crippen molar-refractivity contribution in [3.05, 3.63) is 22.7 Å². The highest BCUT2D eigenvalue weighted by atomic mass is 35.5. The van der Waals surface area contributed by atoms with Gasteiger partial charge >= 0.3 is 0 Å². The van der Waals surface area contributed by atoms with Crippen LogP contribution in [0.25, 0.3) is 0 Å². The fraction of sp³-hybridized carbons (Fsp3) is 0.500. The quantitative estimate of drug-likeness (QED) is 0.863. The molecule has 0 aromatic heterocycles. The van der Waals surface area contributed by atoms with Gasteiger partial charge in [-0.15, -0.1) is 0 Å². The minimum Gasteiger partial charge on any atom is -0.454 e. The first-order chi connectivity index (χ1) is 8.22. The number of benzene rings is 1. The number of halogens is 1. The van der Waals surface area contributed by atoms with Gasteiger partial charge in [-0.1, -0.05) is 11.6 Å². The van der Waals surface area contributed by atoms with Crippen LogP contribution in [0, 0.1) is 0 Å². The van der Waals surface area contributed by atoms with E-state index in [1.54, 1.807) is 0 Å². The van der Waals surface area contributed by atoms with Crippen molar-refractivity contribution in [2.45, 2.75) is 31.5 Å². The van der Waals surface area contributed by atoms with E-state index in [0.717, 1.165) is 24.9 Å². The molecule has 0 bridgehead atoms. The lowest BCUT2D eigenvalue weighted by Gasteiger charge is -2.32. The topological polar surface area (TPSA) is 50.7 Å². The molecule has 0 radical (unpaired) electrons. The van der Waals surface area contributed by atoms with E-state index in [4.69, 9.17) is 21.1 Å². The number of nitrogens with one attached hydrogen (secondary N) is 1. The van der Waals surface area contributed by atoms with E-state index >= 15 is 0 Å². The molecular formula is C12H14ClNO3. The van der Waals surface area contributed by atoms with E-state index in [1.807, 2.05) is 12.1 Å². The zero-order valence-corrected chi connectivity index (χ0v) is 10.0. The lowest BCUT2D eigenvalue weighted by Crippen LogP contribution is -2.43. The van der Waals surface area contributed by atoms with Gasteiger partial charge in [0.15, 0.2) is 11.5 Å². The largest absolute Gasteiger partial charge is 0.454 e. The number of hydrogen-bond acceptors (Lipinski definition) is 4. The maximum atomic E-state index is 9.19. The number of fused-ring (bicyclic) bond motifs is 1. The maximum absolute atomic E-state index is 9.19. The third-order valence-electron chi connectivity index (χ3n) is 3.20. The summed E-state index contributed by atoms with van der Waals surface area (Å²) in [5, 5.41) is 13.1. The van der Waals surface area contributed by atoms with Crippen LogP contribution < -0.4 is 14.8 Å². The molecule has 0 spiro atoms. The zero-order chi connectivity index (χ0) is 11.8. The van der Waals surface area contributed by atoms with Crippen molar-refractivity contribution >= 4 is 11.6 Å². The molecule has 1 heterocycles. The Labute approximate surface area is 104 Å². The van der Waals surface area contributed by atoms with Crippen LogP contribution in [-0.2, 0) is 6.54 Å². The molecule has 1 aliphatic heterocycles. The molecule has 0 unspecified atom stereocenters. The Balaban J connectivity index is 1.65. The highest BCUT2D eigenvalue weighted by molar-refractivity contribution is 6.32. The normalized spacial score (nSPS) is 25.8. The summed E-state index contributed by atoms with van der Waals surface area (Å²) in [5.74, 6) is 1.34. The molecule has 0 atom stereocenters. The SMILES string of the molecule is OC1CC(NCc2cc(Cl)c3c(c2)OCO3)C1. The Morgan fingerprint density at radius 3 is 2.94 bits per heavy atom. The molecule has 3 rings (SSSR count). The Kier molecular flexibility index (Phi) is 2.86. The first-order valence-corrected chi connectivity index (χ1v) is 6.09. The fourth-order valence-electron chi connectivity index (χ4n) is 2.14. The van der Waals surface area contributed by atoms with Gasteiger partial charge in [-0.05, 0) is 30.5 Å². The summed E-state index contributed by atoms with van der Waals surface area (Å²) in [5.41, 5.74) is 1.07. The third kappa shape index (κ3) is 2.20. The van der Waals surface area contributed by atoms with Gasteiger partial charge in [0.05, 0.1) is 11.1 Å². The molecule has 0 amide bonds. The number of ether oxygens (including phenoxy) is 2. The molecule has 1 saturated carbocycles. The average Bonchev–Trinajstić information content (AvgIpc) is 2.71. The molecular weight excluding hydrogens is 242 g/mol. The van der Waals surface area contributed by atoms with Crippen molar-refractivity contribution in [3.63, 3.8) is 0 Å². The predicted octanol–water partition coefficient (Wildman–Crippen LogP) is 1.68. The van der Waals surface area contributed by atoms with Crippen molar-refractivity contribution < 1.29 is 14.6 Å². The van der Waals surface area contributed by atoms with Crippen LogP contribution in [0.15, 0.2) is 12.1 Å². The number of aliphatic hydroxyl groups is 1. The van der Waals surface area contributed by atoms with E-state index in [2.05, 4.69) is 5.32 Å². The van der Waals surface area contributed by atoms with Crippen LogP contribution in [0.3, 0.4) is 0 Å². The van der Waals surface area contributed by atoms with E-state index in [9.17, 15) is 5.11 Å². The minimum absolute atomic E-state index is 0.132. The molecule has 4 nitrogen and oxygen atoms in total. The maximum Gasteiger partial charge on any atom is 0.231 e. The van der Waals surface area contributed by atoms with Crippen LogP contribution in [-0.4, -0.2) is 24.0 Å². The van der Waals surface area contributed by atoms with Crippen molar-refractivity contribution in [1.82, 2.24) is 5.32 Å². The minimum atomic E-state index is -0.132. The number of aliphatic hydroxyl groups excluding tert-OH is 1. The van der Waals surface area contributed by atoms with E-state index < -0.39 is 0 Å². The van der Waals surface area contributed by atoms with Crippen LogP contribution in [0.1, 0.15) is 18.4 Å². The lowest BCUT2D eigenvalue weighted by atomic mass is 9.89. The highest BCUT2D eigenvalue weighted by Gasteiger charge is 2.26. The van der Waals surface area contributed by atoms with Gasteiger partial charge in [-0.25, -0.2) is 0 Å². The smallest absolute Gasteiger partial charge is 0.231 e. The molecule has 1 aromatic carbocycles. The summed E-state index contributed by atoms with van der Waals surface area (Å²) < 4.78 is 10.6. The van der Waals surface area contributed by atoms with Crippen molar-refractivity contribution in [3.8, 4) is 11.5 Å². The first-order valence-electron chi connectivity index (χ1n) is 5.72. The summed E-state index contributed by atoms with van der Waals surface area (Å²) in [4.78, 5) is 0. The Hall–Kier alpha value is -0.970. The standard InChI is InChI=1S/C12H14ClNO3/c13-10-1-7(2-11-12(10)17-6-16-11)5-14-8-3-9(15)4-8/h1-2,8-9,14-15H,3-6H2. The molecule has 1 fully saturated rings. The van der Waals surface area contributed by atoms with Crippen LogP contribution in [0.2, 0.25) is 5.02 Å². The molecule has 2 N–H and O–H groups in total. The second-order valence-corrected chi connectivity index (χ2v) is 4.92. The zero-order valence-electron chi connectivity index (χ0n) is 9.28. The Morgan fingerprint density at radius 1 is 1.35 bits per heavy atom. The van der Waals surface area contributed by atoms with Crippen LogP contribution >= 0.6 is 11.6 Å². The van der Waals surface area contributed by atoms with Gasteiger partial charge in [0.1, 0.15) is 0 Å². The van der Waals surface area contributed by atoms with Gasteiger partial charge in [-0.2, -0.15) is 0 Å². The van der Waals surface area contributed by atoms with Gasteiger partial charge in [0.25, 0.3) is 0 Å². The molecule has 2 aliphatic rings. The summed E-state index contributed by atoms with van der Waals surface area (Å²) in [7, 11) is 0. The molecule has 1 aromatic rings. The van der Waals surface area contributed by atoms with E-state index in [-0.39, 0.29) is 12.9 Å². The van der Waals surface area contributed by atoms with E-state index in [1.165, 1.54) is 0 Å². The molecule has 92 valence electrons. The molecule has 5 heteroatoms.